The highest BCUT2D eigenvalue weighted by atomic mass is 16.4. The van der Waals surface area contributed by atoms with Gasteiger partial charge in [-0.1, -0.05) is 12.8 Å². The minimum Gasteiger partial charge on any atom is -0.481 e. The predicted molar refractivity (Wildman–Crippen MR) is 74.8 cm³/mol. The molecule has 2 amide bonds. The molecule has 0 saturated heterocycles. The van der Waals surface area contributed by atoms with Crippen molar-refractivity contribution in [3.63, 3.8) is 0 Å². The van der Waals surface area contributed by atoms with Crippen LogP contribution in [0.2, 0.25) is 0 Å². The highest BCUT2D eigenvalue weighted by Crippen LogP contribution is 2.37. The van der Waals surface area contributed by atoms with E-state index in [1.54, 1.807) is 0 Å². The molecule has 0 bridgehead atoms. The summed E-state index contributed by atoms with van der Waals surface area (Å²) < 4.78 is 5.35. The van der Waals surface area contributed by atoms with Gasteiger partial charge in [0.05, 0.1) is 17.7 Å². The maximum Gasteiger partial charge on any atom is 0.315 e. The van der Waals surface area contributed by atoms with Crippen molar-refractivity contribution >= 4 is 12.0 Å². The molecule has 0 atom stereocenters. The van der Waals surface area contributed by atoms with E-state index in [1.165, 1.54) is 0 Å². The van der Waals surface area contributed by atoms with Gasteiger partial charge in [-0.25, -0.2) is 9.78 Å². The van der Waals surface area contributed by atoms with E-state index in [2.05, 4.69) is 15.6 Å². The van der Waals surface area contributed by atoms with Gasteiger partial charge >= 0.3 is 12.0 Å². The molecule has 2 rings (SSSR count). The highest BCUT2D eigenvalue weighted by molar-refractivity contribution is 5.78. The number of amides is 2. The van der Waals surface area contributed by atoms with Crippen molar-refractivity contribution in [2.45, 2.75) is 46.1 Å². The lowest BCUT2D eigenvalue weighted by atomic mass is 9.86. The fraction of sp³-hybridized carbons (Fsp3) is 0.643. The van der Waals surface area contributed by atoms with Crippen LogP contribution in [0.4, 0.5) is 4.79 Å². The summed E-state index contributed by atoms with van der Waals surface area (Å²) in [7, 11) is 0. The molecular formula is C14H21N3O4. The van der Waals surface area contributed by atoms with Gasteiger partial charge in [-0.15, -0.1) is 0 Å². The number of carboxylic acids is 1. The van der Waals surface area contributed by atoms with Crippen LogP contribution in [0.15, 0.2) is 4.42 Å². The average molecular weight is 295 g/mol. The van der Waals surface area contributed by atoms with Crippen LogP contribution in [0, 0.1) is 19.3 Å². The van der Waals surface area contributed by atoms with Crippen LogP contribution in [0.3, 0.4) is 0 Å². The summed E-state index contributed by atoms with van der Waals surface area (Å²) in [5, 5.41) is 14.6. The Kier molecular flexibility index (Phi) is 4.50. The average Bonchev–Trinajstić information content (AvgIpc) is 3.03. The van der Waals surface area contributed by atoms with Gasteiger partial charge in [-0.3, -0.25) is 4.79 Å². The minimum absolute atomic E-state index is 0.151. The second-order valence-corrected chi connectivity index (χ2v) is 5.58. The topological polar surface area (TPSA) is 104 Å². The van der Waals surface area contributed by atoms with Gasteiger partial charge in [-0.2, -0.15) is 0 Å². The smallest absolute Gasteiger partial charge is 0.315 e. The Labute approximate surface area is 123 Å². The van der Waals surface area contributed by atoms with Gasteiger partial charge in [-0.05, 0) is 26.7 Å². The monoisotopic (exact) mass is 295 g/mol. The largest absolute Gasteiger partial charge is 0.481 e. The summed E-state index contributed by atoms with van der Waals surface area (Å²) in [6.07, 6.45) is 3.01. The predicted octanol–water partition coefficient (Wildman–Crippen LogP) is 1.74. The maximum absolute atomic E-state index is 11.7. The molecular weight excluding hydrogens is 274 g/mol. The van der Waals surface area contributed by atoms with Crippen LogP contribution in [0.25, 0.3) is 0 Å². The Morgan fingerprint density at radius 2 is 1.95 bits per heavy atom. The molecule has 1 aliphatic rings. The fourth-order valence-electron chi connectivity index (χ4n) is 2.60. The summed E-state index contributed by atoms with van der Waals surface area (Å²) in [6, 6.07) is -0.406. The van der Waals surface area contributed by atoms with Gasteiger partial charge in [0.15, 0.2) is 0 Å². The molecule has 116 valence electrons. The van der Waals surface area contributed by atoms with Crippen LogP contribution in [0.1, 0.15) is 43.0 Å². The molecule has 0 radical (unpaired) electrons. The molecule has 1 aromatic rings. The number of carboxylic acid groups (broad SMARTS) is 1. The zero-order valence-corrected chi connectivity index (χ0v) is 12.4. The van der Waals surface area contributed by atoms with E-state index < -0.39 is 17.4 Å². The first kappa shape index (κ1) is 15.3. The first-order valence-electron chi connectivity index (χ1n) is 7.11. The van der Waals surface area contributed by atoms with E-state index in [4.69, 9.17) is 4.42 Å². The van der Waals surface area contributed by atoms with Crippen molar-refractivity contribution in [3.05, 3.63) is 17.3 Å². The molecule has 1 heterocycles. The molecule has 0 spiro atoms. The maximum atomic E-state index is 11.7. The van der Waals surface area contributed by atoms with Crippen molar-refractivity contribution in [2.24, 2.45) is 5.41 Å². The molecule has 7 nitrogen and oxygen atoms in total. The first-order chi connectivity index (χ1) is 9.93. The number of aryl methyl sites for hydroxylation is 2. The summed E-state index contributed by atoms with van der Waals surface area (Å²) >= 11 is 0. The van der Waals surface area contributed by atoms with Crippen molar-refractivity contribution < 1.29 is 19.1 Å². The molecule has 1 saturated carbocycles. The van der Waals surface area contributed by atoms with Crippen LogP contribution < -0.4 is 10.6 Å². The minimum atomic E-state index is -0.834. The van der Waals surface area contributed by atoms with Gasteiger partial charge in [0.1, 0.15) is 5.76 Å². The second-order valence-electron chi connectivity index (χ2n) is 5.58. The molecule has 0 unspecified atom stereocenters. The van der Waals surface area contributed by atoms with E-state index in [-0.39, 0.29) is 13.1 Å². The lowest BCUT2D eigenvalue weighted by Gasteiger charge is -2.23. The van der Waals surface area contributed by atoms with E-state index in [1.807, 2.05) is 13.8 Å². The molecule has 7 heteroatoms. The third-order valence-corrected chi connectivity index (χ3v) is 4.07. The molecule has 0 aromatic carbocycles. The number of urea groups is 1. The van der Waals surface area contributed by atoms with Crippen LogP contribution >= 0.6 is 0 Å². The Balaban J connectivity index is 1.80. The lowest BCUT2D eigenvalue weighted by molar-refractivity contribution is -0.148. The number of carbonyl (C=O) groups is 2. The fourth-order valence-corrected chi connectivity index (χ4v) is 2.60. The summed E-state index contributed by atoms with van der Waals surface area (Å²) in [5.41, 5.74) is -0.0176. The molecule has 1 aromatic heterocycles. The number of carbonyl (C=O) groups excluding carboxylic acids is 1. The number of hydrogen-bond acceptors (Lipinski definition) is 4. The van der Waals surface area contributed by atoms with E-state index in [0.29, 0.717) is 18.7 Å². The zero-order valence-electron chi connectivity index (χ0n) is 12.4. The van der Waals surface area contributed by atoms with Crippen LogP contribution in [-0.4, -0.2) is 28.6 Å². The number of oxazole rings is 1. The summed E-state index contributed by atoms with van der Waals surface area (Å²) in [5.74, 6) is 0.330. The zero-order chi connectivity index (χ0) is 15.5. The Hall–Kier alpha value is -2.05. The Morgan fingerprint density at radius 3 is 2.48 bits per heavy atom. The molecule has 21 heavy (non-hydrogen) atoms. The van der Waals surface area contributed by atoms with Gasteiger partial charge < -0.3 is 20.2 Å². The van der Waals surface area contributed by atoms with Gasteiger partial charge in [0.2, 0.25) is 5.89 Å². The standard InChI is InChI=1S/C14H21N3O4/c1-9-10(2)21-11(17-9)7-15-13(20)16-8-14(12(18)19)5-3-4-6-14/h3-8H2,1-2H3,(H,18,19)(H2,15,16,20). The molecule has 1 aliphatic carbocycles. The van der Waals surface area contributed by atoms with Crippen molar-refractivity contribution in [3.8, 4) is 0 Å². The Bertz CT molecular complexity index is 513. The molecule has 3 N–H and O–H groups in total. The number of rotatable bonds is 5. The molecule has 1 fully saturated rings. The van der Waals surface area contributed by atoms with E-state index >= 15 is 0 Å². The van der Waals surface area contributed by atoms with Crippen LogP contribution in [-0.2, 0) is 11.3 Å². The number of hydrogen-bond donors (Lipinski definition) is 3. The number of aliphatic carboxylic acids is 1. The third kappa shape index (κ3) is 3.53. The molecule has 0 aliphatic heterocycles. The third-order valence-electron chi connectivity index (χ3n) is 4.07. The van der Waals surface area contributed by atoms with Crippen molar-refractivity contribution in [2.75, 3.05) is 6.54 Å². The van der Waals surface area contributed by atoms with Gasteiger partial charge in [0, 0.05) is 6.54 Å². The first-order valence-corrected chi connectivity index (χ1v) is 7.11. The van der Waals surface area contributed by atoms with Crippen molar-refractivity contribution in [1.82, 2.24) is 15.6 Å². The van der Waals surface area contributed by atoms with E-state index in [0.717, 1.165) is 24.3 Å². The quantitative estimate of drug-likeness (QED) is 0.767. The SMILES string of the molecule is Cc1nc(CNC(=O)NCC2(C(=O)O)CCCC2)oc1C. The number of aromatic nitrogens is 1. The number of nitrogens with zero attached hydrogens (tertiary/aromatic N) is 1. The summed E-state index contributed by atoms with van der Waals surface area (Å²) in [4.78, 5) is 27.3. The highest BCUT2D eigenvalue weighted by Gasteiger charge is 2.41. The van der Waals surface area contributed by atoms with E-state index in [9.17, 15) is 14.7 Å². The summed E-state index contributed by atoms with van der Waals surface area (Å²) in [6.45, 7) is 3.97. The van der Waals surface area contributed by atoms with Gasteiger partial charge in [0.25, 0.3) is 0 Å². The normalized spacial score (nSPS) is 16.7. The van der Waals surface area contributed by atoms with Crippen molar-refractivity contribution in [1.29, 1.82) is 0 Å². The second kappa shape index (κ2) is 6.15. The lowest BCUT2D eigenvalue weighted by Crippen LogP contribution is -2.44. The van der Waals surface area contributed by atoms with Crippen LogP contribution in [0.5, 0.6) is 0 Å². The Morgan fingerprint density at radius 1 is 1.29 bits per heavy atom. The number of nitrogens with one attached hydrogen (secondary N) is 2.